The molecule has 98 valence electrons. The van der Waals surface area contributed by atoms with Crippen molar-refractivity contribution in [2.75, 3.05) is 18.5 Å². The van der Waals surface area contributed by atoms with E-state index in [-0.39, 0.29) is 6.42 Å². The maximum absolute atomic E-state index is 11.4. The van der Waals surface area contributed by atoms with E-state index in [1.54, 1.807) is 25.2 Å². The van der Waals surface area contributed by atoms with Crippen LogP contribution in [0.25, 0.3) is 0 Å². The van der Waals surface area contributed by atoms with Crippen LogP contribution in [0, 0.1) is 0 Å². The van der Waals surface area contributed by atoms with Gasteiger partial charge in [-0.2, -0.15) is 0 Å². The fraction of sp³-hybridized carbons (Fsp3) is 0.333. The van der Waals surface area contributed by atoms with Crippen molar-refractivity contribution in [3.05, 3.63) is 28.2 Å². The number of nitrogens with two attached hydrogens (primary N) is 1. The third kappa shape index (κ3) is 3.73. The fourth-order valence-corrected chi connectivity index (χ4v) is 2.21. The Balaban J connectivity index is 2.85. The molecule has 0 radical (unpaired) electrons. The number of primary amides is 1. The molecule has 0 saturated heterocycles. The van der Waals surface area contributed by atoms with E-state index in [1.807, 2.05) is 4.90 Å². The Labute approximate surface area is 114 Å². The molecule has 3 N–H and O–H groups in total. The van der Waals surface area contributed by atoms with Gasteiger partial charge in [0.25, 0.3) is 5.91 Å². The normalized spacial score (nSPS) is 10.1. The third-order valence-corrected chi connectivity index (χ3v) is 3.19. The van der Waals surface area contributed by atoms with Gasteiger partial charge in [0.15, 0.2) is 0 Å². The Hall–Kier alpha value is -1.56. The summed E-state index contributed by atoms with van der Waals surface area (Å²) in [5, 5.41) is 8.58. The van der Waals surface area contributed by atoms with Crippen LogP contribution in [0.4, 0.5) is 5.69 Å². The average Bonchev–Trinajstić information content (AvgIpc) is 2.27. The molecule has 1 rings (SSSR count). The van der Waals surface area contributed by atoms with Gasteiger partial charge in [-0.05, 0) is 34.5 Å². The van der Waals surface area contributed by atoms with Crippen LogP contribution in [0.15, 0.2) is 22.7 Å². The molecule has 1 aromatic rings. The van der Waals surface area contributed by atoms with Gasteiger partial charge in [0.05, 0.1) is 11.3 Å². The second kappa shape index (κ2) is 6.39. The van der Waals surface area contributed by atoms with Gasteiger partial charge < -0.3 is 15.7 Å². The van der Waals surface area contributed by atoms with E-state index in [4.69, 9.17) is 10.8 Å². The molecule has 0 unspecified atom stereocenters. The summed E-state index contributed by atoms with van der Waals surface area (Å²) in [6.07, 6.45) is 0.612. The van der Waals surface area contributed by atoms with Gasteiger partial charge in [0, 0.05) is 24.5 Å². The summed E-state index contributed by atoms with van der Waals surface area (Å²) in [6, 6.07) is 5.33. The van der Waals surface area contributed by atoms with Crippen LogP contribution in [0.3, 0.4) is 0 Å². The predicted molar refractivity (Wildman–Crippen MR) is 72.8 cm³/mol. The van der Waals surface area contributed by atoms with E-state index < -0.39 is 11.9 Å². The maximum Gasteiger partial charge on any atom is 0.303 e. The lowest BCUT2D eigenvalue weighted by Crippen LogP contribution is -2.24. The number of carbonyl (C=O) groups is 2. The van der Waals surface area contributed by atoms with Crippen LogP contribution in [0.1, 0.15) is 23.2 Å². The Bertz CT molecular complexity index is 463. The lowest BCUT2D eigenvalue weighted by Gasteiger charge is -2.21. The molecule has 0 aliphatic heterocycles. The summed E-state index contributed by atoms with van der Waals surface area (Å²) < 4.78 is 0.637. The number of hydrogen-bond acceptors (Lipinski definition) is 3. The first-order chi connectivity index (χ1) is 8.43. The number of carbonyl (C=O) groups excluding carboxylic acids is 1. The lowest BCUT2D eigenvalue weighted by atomic mass is 10.1. The Morgan fingerprint density at radius 1 is 1.44 bits per heavy atom. The molecule has 0 fully saturated rings. The molecule has 0 heterocycles. The number of carboxylic acid groups (broad SMARTS) is 1. The summed E-state index contributed by atoms with van der Waals surface area (Å²) in [4.78, 5) is 23.7. The minimum atomic E-state index is -0.826. The lowest BCUT2D eigenvalue weighted by molar-refractivity contribution is -0.137. The molecule has 0 atom stereocenters. The summed E-state index contributed by atoms with van der Waals surface area (Å²) in [5.74, 6) is -1.34. The van der Waals surface area contributed by atoms with Crippen LogP contribution >= 0.6 is 15.9 Å². The van der Waals surface area contributed by atoms with Gasteiger partial charge in [-0.1, -0.05) is 6.07 Å². The molecule has 0 aliphatic rings. The Kier molecular flexibility index (Phi) is 5.15. The van der Waals surface area contributed by atoms with Gasteiger partial charge in [0.2, 0.25) is 0 Å². The van der Waals surface area contributed by atoms with E-state index in [2.05, 4.69) is 15.9 Å². The number of carboxylic acids is 1. The summed E-state index contributed by atoms with van der Waals surface area (Å²) in [7, 11) is 1.80. The molecular formula is C12H15BrN2O3. The van der Waals surface area contributed by atoms with Crippen molar-refractivity contribution >= 4 is 33.5 Å². The number of anilines is 1. The van der Waals surface area contributed by atoms with Crippen LogP contribution in [0.5, 0.6) is 0 Å². The first-order valence-electron chi connectivity index (χ1n) is 5.44. The van der Waals surface area contributed by atoms with E-state index >= 15 is 0 Å². The standard InChI is InChI=1S/C12H15BrN2O3/c1-15(7-3-6-10(16)17)9-5-2-4-8(13)11(9)12(14)18/h2,4-5H,3,6-7H2,1H3,(H2,14,18)(H,16,17). The SMILES string of the molecule is CN(CCCC(=O)O)c1cccc(Br)c1C(N)=O. The van der Waals surface area contributed by atoms with Crippen LogP contribution in [0.2, 0.25) is 0 Å². The van der Waals surface area contributed by atoms with E-state index in [0.717, 1.165) is 0 Å². The van der Waals surface area contributed by atoms with Crippen LogP contribution in [-0.4, -0.2) is 30.6 Å². The van der Waals surface area contributed by atoms with Gasteiger partial charge in [-0.15, -0.1) is 0 Å². The molecule has 0 aliphatic carbocycles. The van der Waals surface area contributed by atoms with E-state index in [0.29, 0.717) is 28.7 Å². The summed E-state index contributed by atoms with van der Waals surface area (Å²) in [5.41, 5.74) is 6.45. The van der Waals surface area contributed by atoms with E-state index in [9.17, 15) is 9.59 Å². The second-order valence-corrected chi connectivity index (χ2v) is 4.77. The zero-order chi connectivity index (χ0) is 13.7. The highest BCUT2D eigenvalue weighted by molar-refractivity contribution is 9.10. The zero-order valence-corrected chi connectivity index (χ0v) is 11.6. The zero-order valence-electron chi connectivity index (χ0n) is 10.0. The first kappa shape index (κ1) is 14.5. The van der Waals surface area contributed by atoms with Gasteiger partial charge in [-0.3, -0.25) is 9.59 Å². The van der Waals surface area contributed by atoms with Crippen molar-refractivity contribution in [3.63, 3.8) is 0 Å². The number of halogens is 1. The van der Waals surface area contributed by atoms with Gasteiger partial charge >= 0.3 is 5.97 Å². The number of rotatable bonds is 6. The Morgan fingerprint density at radius 3 is 2.67 bits per heavy atom. The molecule has 1 aromatic carbocycles. The second-order valence-electron chi connectivity index (χ2n) is 3.92. The minimum absolute atomic E-state index is 0.101. The van der Waals surface area contributed by atoms with Crippen molar-refractivity contribution in [3.8, 4) is 0 Å². The van der Waals surface area contributed by atoms with Gasteiger partial charge in [0.1, 0.15) is 0 Å². The molecular weight excluding hydrogens is 300 g/mol. The van der Waals surface area contributed by atoms with Crippen LogP contribution in [-0.2, 0) is 4.79 Å². The number of amides is 1. The summed E-state index contributed by atoms with van der Waals surface area (Å²) >= 11 is 3.29. The molecule has 5 nitrogen and oxygen atoms in total. The molecule has 1 amide bonds. The number of aliphatic carboxylic acids is 1. The Morgan fingerprint density at radius 2 is 2.11 bits per heavy atom. The molecule has 6 heteroatoms. The quantitative estimate of drug-likeness (QED) is 0.839. The van der Waals surface area contributed by atoms with Crippen molar-refractivity contribution in [2.24, 2.45) is 5.73 Å². The molecule has 0 bridgehead atoms. The highest BCUT2D eigenvalue weighted by Gasteiger charge is 2.15. The highest BCUT2D eigenvalue weighted by atomic mass is 79.9. The first-order valence-corrected chi connectivity index (χ1v) is 6.24. The van der Waals surface area contributed by atoms with Crippen molar-refractivity contribution < 1.29 is 14.7 Å². The molecule has 0 saturated carbocycles. The smallest absolute Gasteiger partial charge is 0.303 e. The van der Waals surface area contributed by atoms with Crippen molar-refractivity contribution in [1.29, 1.82) is 0 Å². The topological polar surface area (TPSA) is 83.6 Å². The number of nitrogens with zero attached hydrogens (tertiary/aromatic N) is 1. The molecule has 0 aromatic heterocycles. The number of benzene rings is 1. The van der Waals surface area contributed by atoms with Gasteiger partial charge in [-0.25, -0.2) is 0 Å². The third-order valence-electron chi connectivity index (χ3n) is 2.53. The molecule has 18 heavy (non-hydrogen) atoms. The van der Waals surface area contributed by atoms with Crippen molar-refractivity contribution in [1.82, 2.24) is 0 Å². The van der Waals surface area contributed by atoms with E-state index in [1.165, 1.54) is 0 Å². The molecule has 0 spiro atoms. The highest BCUT2D eigenvalue weighted by Crippen LogP contribution is 2.26. The van der Waals surface area contributed by atoms with Crippen LogP contribution < -0.4 is 10.6 Å². The summed E-state index contributed by atoms with van der Waals surface area (Å²) in [6.45, 7) is 0.545. The maximum atomic E-state index is 11.4. The fourth-order valence-electron chi connectivity index (χ4n) is 1.66. The predicted octanol–water partition coefficient (Wildman–Crippen LogP) is 1.85. The largest absolute Gasteiger partial charge is 0.481 e. The van der Waals surface area contributed by atoms with Crippen molar-refractivity contribution in [2.45, 2.75) is 12.8 Å². The number of hydrogen-bond donors (Lipinski definition) is 2. The average molecular weight is 315 g/mol. The monoisotopic (exact) mass is 314 g/mol. The minimum Gasteiger partial charge on any atom is -0.481 e.